The van der Waals surface area contributed by atoms with E-state index in [1.807, 2.05) is 0 Å². The van der Waals surface area contributed by atoms with E-state index in [1.54, 1.807) is 0 Å². The molecule has 6 heteroatoms. The van der Waals surface area contributed by atoms with Crippen molar-refractivity contribution in [3.8, 4) is 0 Å². The number of hydrogen-bond donors (Lipinski definition) is 0. The van der Waals surface area contributed by atoms with E-state index in [9.17, 15) is 14.4 Å². The van der Waals surface area contributed by atoms with Gasteiger partial charge in [0.1, 0.15) is 13.2 Å². The van der Waals surface area contributed by atoms with Crippen LogP contribution in [0, 0.1) is 0 Å². The Balaban J connectivity index is 4.18. The molecule has 0 aromatic carbocycles. The lowest BCUT2D eigenvalue weighted by Crippen LogP contribution is -2.30. The fraction of sp³-hybridized carbons (Fsp3) is 0.855. The fourth-order valence-electron chi connectivity index (χ4n) is 11.1. The summed E-state index contributed by atoms with van der Waals surface area (Å²) in [6.45, 7) is 6.61. The van der Waals surface area contributed by atoms with Crippen molar-refractivity contribution in [1.82, 2.24) is 0 Å². The van der Waals surface area contributed by atoms with Crippen LogP contribution < -0.4 is 0 Å². The highest BCUT2D eigenvalue weighted by Crippen LogP contribution is 2.19. The number of carbonyl (C=O) groups excluding carboxylic acids is 3. The minimum atomic E-state index is -0.768. The lowest BCUT2D eigenvalue weighted by Gasteiger charge is -2.18. The van der Waals surface area contributed by atoms with E-state index in [4.69, 9.17) is 14.2 Å². The second kappa shape index (κ2) is 70.9. The molecule has 6 nitrogen and oxygen atoms in total. The third kappa shape index (κ3) is 68.2. The van der Waals surface area contributed by atoms with Crippen LogP contribution in [-0.4, -0.2) is 37.2 Å². The van der Waals surface area contributed by atoms with Crippen LogP contribution in [0.5, 0.6) is 0 Å². The third-order valence-corrected chi connectivity index (χ3v) is 16.6. The Kier molecular flexibility index (Phi) is 68.6. The van der Waals surface area contributed by atoms with Gasteiger partial charge in [0.25, 0.3) is 0 Å². The molecule has 0 fully saturated rings. The number of unbranched alkanes of at least 4 members (excludes halogenated alkanes) is 49. The van der Waals surface area contributed by atoms with Crippen LogP contribution in [0.3, 0.4) is 0 Å². The summed E-state index contributed by atoms with van der Waals surface area (Å²) in [7, 11) is 0. The minimum absolute atomic E-state index is 0.0645. The molecule has 0 aromatic rings. The number of ether oxygens (including phenoxy) is 3. The molecule has 480 valence electrons. The summed E-state index contributed by atoms with van der Waals surface area (Å²) in [6.07, 6.45) is 90.1. The molecular weight excluding hydrogens is 1010 g/mol. The highest BCUT2D eigenvalue weighted by molar-refractivity contribution is 5.71. The van der Waals surface area contributed by atoms with E-state index in [0.29, 0.717) is 19.3 Å². The van der Waals surface area contributed by atoms with Gasteiger partial charge in [0, 0.05) is 19.3 Å². The molecule has 0 saturated heterocycles. The smallest absolute Gasteiger partial charge is 0.306 e. The van der Waals surface area contributed by atoms with Crippen molar-refractivity contribution in [2.45, 2.75) is 406 Å². The number of esters is 3. The van der Waals surface area contributed by atoms with Crippen molar-refractivity contribution >= 4 is 17.9 Å². The van der Waals surface area contributed by atoms with E-state index in [2.05, 4.69) is 69.4 Å². The number of carbonyl (C=O) groups is 3. The third-order valence-electron chi connectivity index (χ3n) is 16.6. The molecule has 0 spiro atoms. The van der Waals surface area contributed by atoms with Gasteiger partial charge in [-0.15, -0.1) is 0 Å². The molecule has 0 rings (SSSR count). The van der Waals surface area contributed by atoms with Crippen molar-refractivity contribution in [3.05, 3.63) is 48.6 Å². The molecule has 0 aliphatic carbocycles. The second-order valence-corrected chi connectivity index (χ2v) is 24.8. The summed E-state index contributed by atoms with van der Waals surface area (Å²) in [5.41, 5.74) is 0. The summed E-state index contributed by atoms with van der Waals surface area (Å²) >= 11 is 0. The second-order valence-electron chi connectivity index (χ2n) is 24.8. The Labute approximate surface area is 511 Å². The van der Waals surface area contributed by atoms with E-state index in [1.165, 1.54) is 276 Å². The Bertz CT molecular complexity index is 1410. The first-order valence-electron chi connectivity index (χ1n) is 36.6. The van der Waals surface area contributed by atoms with Gasteiger partial charge in [-0.25, -0.2) is 0 Å². The van der Waals surface area contributed by atoms with Gasteiger partial charge in [0.2, 0.25) is 0 Å². The summed E-state index contributed by atoms with van der Waals surface area (Å²) < 4.78 is 17.0. The molecule has 0 radical (unpaired) electrons. The molecule has 0 saturated carbocycles. The van der Waals surface area contributed by atoms with Crippen molar-refractivity contribution < 1.29 is 28.6 Å². The van der Waals surface area contributed by atoms with Crippen molar-refractivity contribution in [3.63, 3.8) is 0 Å². The first-order valence-corrected chi connectivity index (χ1v) is 36.6. The Morgan fingerprint density at radius 2 is 0.476 bits per heavy atom. The Hall–Kier alpha value is -2.63. The van der Waals surface area contributed by atoms with Gasteiger partial charge in [0.15, 0.2) is 6.10 Å². The van der Waals surface area contributed by atoms with Crippen LogP contribution in [-0.2, 0) is 28.6 Å². The maximum absolute atomic E-state index is 13.0. The van der Waals surface area contributed by atoms with Gasteiger partial charge in [-0.1, -0.05) is 371 Å². The number of hydrogen-bond acceptors (Lipinski definition) is 6. The van der Waals surface area contributed by atoms with Crippen LogP contribution >= 0.6 is 0 Å². The SMILES string of the molecule is CC/C=C\C/C=C\C/C=C\C/C=C\CCCCCCCCCCCCCCCCCCCCC(=O)OCC(COC(=O)CCCCCCCCCCCCCCCCC)OC(=O)CCCCCCCCCCCCCCCCCCCC. The van der Waals surface area contributed by atoms with Gasteiger partial charge in [-0.05, 0) is 57.8 Å². The fourth-order valence-corrected chi connectivity index (χ4v) is 11.1. The molecule has 0 bridgehead atoms. The first-order chi connectivity index (χ1) is 40.5. The zero-order valence-corrected chi connectivity index (χ0v) is 55.3. The quantitative estimate of drug-likeness (QED) is 0.0261. The Morgan fingerprint density at radius 1 is 0.256 bits per heavy atom. The van der Waals surface area contributed by atoms with Gasteiger partial charge >= 0.3 is 17.9 Å². The largest absolute Gasteiger partial charge is 0.462 e. The zero-order chi connectivity index (χ0) is 59.2. The van der Waals surface area contributed by atoms with Crippen LogP contribution in [0.2, 0.25) is 0 Å². The molecular formula is C76H140O6. The lowest BCUT2D eigenvalue weighted by atomic mass is 10.0. The summed E-state index contributed by atoms with van der Waals surface area (Å²) in [5.74, 6) is -0.830. The standard InChI is InChI=1S/C76H140O6/c1-4-7-10-13-16-19-22-25-28-30-32-33-34-35-36-37-38-39-40-41-42-43-44-46-48-51-54-57-60-63-66-69-75(78)81-72-73(71-80-74(77)68-65-62-59-56-53-50-47-27-24-21-18-15-12-9-6-3)82-76(79)70-67-64-61-58-55-52-49-45-31-29-26-23-20-17-14-11-8-5-2/h7,10,16,19,25,28,32-33,73H,4-6,8-9,11-15,17-18,20-24,26-27,29-31,34-72H2,1-3H3/b10-7-,19-16-,28-25-,33-32-. The van der Waals surface area contributed by atoms with Crippen molar-refractivity contribution in [1.29, 1.82) is 0 Å². The maximum atomic E-state index is 13.0. The Morgan fingerprint density at radius 3 is 0.744 bits per heavy atom. The van der Waals surface area contributed by atoms with E-state index in [-0.39, 0.29) is 31.1 Å². The van der Waals surface area contributed by atoms with Crippen LogP contribution in [0.1, 0.15) is 400 Å². The molecule has 82 heavy (non-hydrogen) atoms. The average Bonchev–Trinajstić information content (AvgIpc) is 3.47. The van der Waals surface area contributed by atoms with E-state index in [0.717, 1.165) is 83.5 Å². The highest BCUT2D eigenvalue weighted by atomic mass is 16.6. The van der Waals surface area contributed by atoms with Gasteiger partial charge < -0.3 is 14.2 Å². The molecule has 1 unspecified atom stereocenters. The summed E-state index contributed by atoms with van der Waals surface area (Å²) in [6, 6.07) is 0. The van der Waals surface area contributed by atoms with E-state index < -0.39 is 6.10 Å². The summed E-state index contributed by atoms with van der Waals surface area (Å²) in [4.78, 5) is 38.5. The predicted octanol–water partition coefficient (Wildman–Crippen LogP) is 25.3. The topological polar surface area (TPSA) is 78.9 Å². The number of allylic oxidation sites excluding steroid dienone is 8. The van der Waals surface area contributed by atoms with Crippen molar-refractivity contribution in [2.24, 2.45) is 0 Å². The molecule has 0 N–H and O–H groups in total. The molecule has 0 aliphatic heterocycles. The maximum Gasteiger partial charge on any atom is 0.306 e. The van der Waals surface area contributed by atoms with Crippen molar-refractivity contribution in [2.75, 3.05) is 13.2 Å². The van der Waals surface area contributed by atoms with Gasteiger partial charge in [0.05, 0.1) is 0 Å². The predicted molar refractivity (Wildman–Crippen MR) is 358 cm³/mol. The number of rotatable bonds is 68. The molecule has 0 amide bonds. The monoisotopic (exact) mass is 1150 g/mol. The van der Waals surface area contributed by atoms with Crippen LogP contribution in [0.15, 0.2) is 48.6 Å². The lowest BCUT2D eigenvalue weighted by molar-refractivity contribution is -0.167. The van der Waals surface area contributed by atoms with Crippen LogP contribution in [0.25, 0.3) is 0 Å². The summed E-state index contributed by atoms with van der Waals surface area (Å²) in [5, 5.41) is 0. The van der Waals surface area contributed by atoms with E-state index >= 15 is 0 Å². The van der Waals surface area contributed by atoms with Gasteiger partial charge in [-0.3, -0.25) is 14.4 Å². The molecule has 0 heterocycles. The normalized spacial score (nSPS) is 12.3. The molecule has 1 atom stereocenters. The van der Waals surface area contributed by atoms with Crippen LogP contribution in [0.4, 0.5) is 0 Å². The minimum Gasteiger partial charge on any atom is -0.462 e. The average molecular weight is 1150 g/mol. The molecule has 0 aromatic heterocycles. The highest BCUT2D eigenvalue weighted by Gasteiger charge is 2.19. The molecule has 0 aliphatic rings. The first kappa shape index (κ1) is 79.4. The zero-order valence-electron chi connectivity index (χ0n) is 55.3. The van der Waals surface area contributed by atoms with Gasteiger partial charge in [-0.2, -0.15) is 0 Å².